The van der Waals surface area contributed by atoms with Gasteiger partial charge in [0.05, 0.1) is 6.33 Å². The van der Waals surface area contributed by atoms with Gasteiger partial charge in [-0.3, -0.25) is 4.79 Å². The number of hydrogen-bond donors (Lipinski definition) is 0. The van der Waals surface area contributed by atoms with Crippen molar-refractivity contribution >= 4 is 6.98 Å². The maximum absolute atomic E-state index is 12.0. The third kappa shape index (κ3) is 4.39. The Morgan fingerprint density at radius 1 is 1.40 bits per heavy atom. The molecule has 0 fully saturated rings. The zero-order valence-electron chi connectivity index (χ0n) is 8.80. The van der Waals surface area contributed by atoms with Crippen molar-refractivity contribution < 1.29 is 64.3 Å². The molecule has 0 atom stereocenters. The van der Waals surface area contributed by atoms with E-state index < -0.39 is 19.0 Å². The second-order valence-corrected chi connectivity index (χ2v) is 3.12. The van der Waals surface area contributed by atoms with Crippen LogP contribution in [0.25, 0.3) is 0 Å². The topological polar surface area (TPSA) is 34.9 Å². The van der Waals surface area contributed by atoms with Gasteiger partial charge in [-0.25, -0.2) is 4.98 Å². The molecule has 0 aromatic carbocycles. The van der Waals surface area contributed by atoms with E-state index in [1.165, 1.54) is 6.92 Å². The van der Waals surface area contributed by atoms with Crippen LogP contribution in [0, 0.1) is 13.8 Å². The van der Waals surface area contributed by atoms with Crippen molar-refractivity contribution in [1.29, 1.82) is 0 Å². The van der Waals surface area contributed by atoms with E-state index in [-0.39, 0.29) is 56.9 Å². The van der Waals surface area contributed by atoms with Gasteiger partial charge >= 0.3 is 58.4 Å². The third-order valence-electron chi connectivity index (χ3n) is 1.92. The van der Waals surface area contributed by atoms with Crippen molar-refractivity contribution in [3.63, 3.8) is 0 Å². The molecule has 0 spiro atoms. The smallest absolute Gasteiger partial charge is 0.448 e. The SMILES string of the molecule is Cc1ncn(C[B-](F)(F)F)c(=O)c1C.[K+]. The third-order valence-corrected chi connectivity index (χ3v) is 1.92. The number of nitrogens with zero attached hydrogens (tertiary/aromatic N) is 2. The largest absolute Gasteiger partial charge is 1.00 e. The van der Waals surface area contributed by atoms with Crippen LogP contribution in [0.5, 0.6) is 0 Å². The fourth-order valence-corrected chi connectivity index (χ4v) is 1.03. The average molecular weight is 244 g/mol. The zero-order chi connectivity index (χ0) is 10.9. The number of aryl methyl sites for hydroxylation is 1. The summed E-state index contributed by atoms with van der Waals surface area (Å²) in [6, 6.07) is 0. The Morgan fingerprint density at radius 3 is 2.40 bits per heavy atom. The molecule has 0 saturated heterocycles. The van der Waals surface area contributed by atoms with Gasteiger partial charge in [0.25, 0.3) is 5.56 Å². The van der Waals surface area contributed by atoms with Gasteiger partial charge in [-0.1, -0.05) is 0 Å². The predicted octanol–water partition coefficient (Wildman–Crippen LogP) is -1.75. The predicted molar refractivity (Wildman–Crippen MR) is 47.0 cm³/mol. The molecule has 1 aromatic rings. The molecule has 0 aliphatic carbocycles. The average Bonchev–Trinajstić information content (AvgIpc) is 2.04. The second-order valence-electron chi connectivity index (χ2n) is 3.12. The molecule has 3 nitrogen and oxygen atoms in total. The second kappa shape index (κ2) is 5.63. The minimum Gasteiger partial charge on any atom is -0.448 e. The van der Waals surface area contributed by atoms with E-state index in [0.717, 1.165) is 6.33 Å². The van der Waals surface area contributed by atoms with Crippen molar-refractivity contribution in [3.05, 3.63) is 27.9 Å². The van der Waals surface area contributed by atoms with Crippen molar-refractivity contribution in [1.82, 2.24) is 9.55 Å². The fraction of sp³-hybridized carbons (Fsp3) is 0.429. The molecule has 0 unspecified atom stereocenters. The first-order valence-electron chi connectivity index (χ1n) is 4.05. The molecule has 8 heteroatoms. The summed E-state index contributed by atoms with van der Waals surface area (Å²) in [4.78, 5) is 15.0. The molecule has 0 N–H and O–H groups in total. The van der Waals surface area contributed by atoms with Crippen LogP contribution in [-0.2, 0) is 6.44 Å². The first-order chi connectivity index (χ1) is 6.31. The van der Waals surface area contributed by atoms with Crippen LogP contribution < -0.4 is 56.9 Å². The molecule has 0 amide bonds. The Morgan fingerprint density at radius 2 is 1.93 bits per heavy atom. The van der Waals surface area contributed by atoms with Crippen LogP contribution in [-0.4, -0.2) is 16.5 Å². The zero-order valence-corrected chi connectivity index (χ0v) is 11.9. The Hall–Kier alpha value is 0.371. The van der Waals surface area contributed by atoms with Crippen molar-refractivity contribution in [3.8, 4) is 0 Å². The number of hydrogen-bond acceptors (Lipinski definition) is 2. The van der Waals surface area contributed by atoms with Crippen molar-refractivity contribution in [2.75, 3.05) is 0 Å². The Balaban J connectivity index is 0.00000196. The minimum absolute atomic E-state index is 0. The van der Waals surface area contributed by atoms with Crippen LogP contribution in [0.4, 0.5) is 12.9 Å². The maximum Gasteiger partial charge on any atom is 1.00 e. The van der Waals surface area contributed by atoms with E-state index in [0.29, 0.717) is 10.3 Å². The molecule has 1 rings (SSSR count). The van der Waals surface area contributed by atoms with E-state index in [9.17, 15) is 17.7 Å². The number of halogens is 3. The summed E-state index contributed by atoms with van der Waals surface area (Å²) in [5.74, 6) is 0. The van der Waals surface area contributed by atoms with Gasteiger partial charge < -0.3 is 17.5 Å². The minimum atomic E-state index is -5.00. The van der Waals surface area contributed by atoms with Gasteiger partial charge in [-0.2, -0.15) is 0 Å². The Kier molecular flexibility index (Phi) is 5.77. The van der Waals surface area contributed by atoms with E-state index in [2.05, 4.69) is 4.98 Å². The quantitative estimate of drug-likeness (QED) is 0.578. The normalized spacial score (nSPS) is 11.0. The number of rotatable bonds is 2. The van der Waals surface area contributed by atoms with Crippen molar-refractivity contribution in [2.24, 2.45) is 0 Å². The monoisotopic (exact) mass is 244 g/mol. The molecule has 0 aliphatic rings. The van der Waals surface area contributed by atoms with E-state index >= 15 is 0 Å². The van der Waals surface area contributed by atoms with Gasteiger partial charge in [0, 0.05) is 11.3 Å². The molecular weight excluding hydrogens is 235 g/mol. The summed E-state index contributed by atoms with van der Waals surface area (Å²) in [6.07, 6.45) is -0.299. The van der Waals surface area contributed by atoms with Gasteiger partial charge in [0.15, 0.2) is 0 Å². The Bertz CT molecular complexity index is 404. The molecule has 1 aromatic heterocycles. The van der Waals surface area contributed by atoms with Gasteiger partial charge in [-0.15, -0.1) is 0 Å². The Labute approximate surface area is 128 Å². The molecule has 0 saturated carbocycles. The van der Waals surface area contributed by atoms with Crippen LogP contribution in [0.15, 0.2) is 11.1 Å². The van der Waals surface area contributed by atoms with E-state index in [1.54, 1.807) is 6.92 Å². The molecule has 78 valence electrons. The maximum atomic E-state index is 12.0. The first-order valence-corrected chi connectivity index (χ1v) is 4.05. The molecule has 0 bridgehead atoms. The first kappa shape index (κ1) is 15.4. The van der Waals surface area contributed by atoms with E-state index in [4.69, 9.17) is 0 Å². The summed E-state index contributed by atoms with van der Waals surface area (Å²) in [5, 5.41) is 0. The summed E-state index contributed by atoms with van der Waals surface area (Å²) in [5.41, 5.74) is 0.0881. The van der Waals surface area contributed by atoms with Crippen LogP contribution in [0.2, 0.25) is 0 Å². The van der Waals surface area contributed by atoms with Gasteiger partial charge in [0.1, 0.15) is 0 Å². The molecule has 15 heavy (non-hydrogen) atoms. The molecular formula is C7H9BF3KN2O. The standard InChI is InChI=1S/C7H9BF3N2O.K/c1-5-6(2)12-4-13(7(5)14)3-8(9,10)11;/h4H,3H2,1-2H3;/q-1;+1. The van der Waals surface area contributed by atoms with Crippen molar-refractivity contribution in [2.45, 2.75) is 20.3 Å². The number of aromatic nitrogens is 2. The fourth-order valence-electron chi connectivity index (χ4n) is 1.03. The van der Waals surface area contributed by atoms with Gasteiger partial charge in [0.2, 0.25) is 0 Å². The summed E-state index contributed by atoms with van der Waals surface area (Å²) < 4.78 is 36.7. The molecule has 0 radical (unpaired) electrons. The van der Waals surface area contributed by atoms with Gasteiger partial charge in [-0.05, 0) is 20.3 Å². The molecule has 0 aliphatic heterocycles. The molecule has 1 heterocycles. The summed E-state index contributed by atoms with van der Waals surface area (Å²) in [6.45, 7) is -1.96. The van der Waals surface area contributed by atoms with Crippen LogP contribution in [0.1, 0.15) is 11.3 Å². The van der Waals surface area contributed by atoms with Crippen LogP contribution >= 0.6 is 0 Å². The summed E-state index contributed by atoms with van der Waals surface area (Å²) >= 11 is 0. The van der Waals surface area contributed by atoms with Crippen LogP contribution in [0.3, 0.4) is 0 Å². The van der Waals surface area contributed by atoms with E-state index in [1.807, 2.05) is 0 Å². The summed E-state index contributed by atoms with van der Waals surface area (Å²) in [7, 11) is 0.